The summed E-state index contributed by atoms with van der Waals surface area (Å²) in [4.78, 5) is 16.3. The molecule has 1 atom stereocenters. The zero-order valence-corrected chi connectivity index (χ0v) is 12.5. The SMILES string of the molecule is CCN(CCCN(C)C)C(=O)C(C#N)c1ccccc1. The molecule has 108 valence electrons. The molecular weight excluding hydrogens is 250 g/mol. The van der Waals surface area contributed by atoms with E-state index in [0.717, 1.165) is 18.5 Å². The number of likely N-dealkylation sites (N-methyl/N-ethyl adjacent to an activating group) is 1. The van der Waals surface area contributed by atoms with Crippen molar-refractivity contribution in [3.05, 3.63) is 35.9 Å². The van der Waals surface area contributed by atoms with E-state index in [0.29, 0.717) is 13.1 Å². The van der Waals surface area contributed by atoms with E-state index in [4.69, 9.17) is 0 Å². The molecule has 0 N–H and O–H groups in total. The Morgan fingerprint density at radius 2 is 1.90 bits per heavy atom. The number of amides is 1. The molecule has 4 heteroatoms. The third kappa shape index (κ3) is 4.67. The molecule has 0 bridgehead atoms. The van der Waals surface area contributed by atoms with Gasteiger partial charge in [0.15, 0.2) is 0 Å². The van der Waals surface area contributed by atoms with E-state index in [1.807, 2.05) is 51.4 Å². The van der Waals surface area contributed by atoms with Gasteiger partial charge in [0.25, 0.3) is 0 Å². The number of hydrogen-bond donors (Lipinski definition) is 0. The zero-order chi connectivity index (χ0) is 15.0. The van der Waals surface area contributed by atoms with Gasteiger partial charge in [-0.1, -0.05) is 30.3 Å². The normalized spacial score (nSPS) is 11.9. The lowest BCUT2D eigenvalue weighted by molar-refractivity contribution is -0.131. The molecule has 1 aromatic carbocycles. The van der Waals surface area contributed by atoms with Crippen molar-refractivity contribution in [3.63, 3.8) is 0 Å². The van der Waals surface area contributed by atoms with Gasteiger partial charge in [-0.25, -0.2) is 0 Å². The van der Waals surface area contributed by atoms with Crippen LogP contribution in [0.4, 0.5) is 0 Å². The number of hydrogen-bond acceptors (Lipinski definition) is 3. The maximum Gasteiger partial charge on any atom is 0.244 e. The lowest BCUT2D eigenvalue weighted by Gasteiger charge is -2.24. The van der Waals surface area contributed by atoms with Gasteiger partial charge in [-0.2, -0.15) is 5.26 Å². The van der Waals surface area contributed by atoms with Crippen molar-refractivity contribution in [1.82, 2.24) is 9.80 Å². The van der Waals surface area contributed by atoms with E-state index in [9.17, 15) is 10.1 Å². The monoisotopic (exact) mass is 273 g/mol. The standard InChI is InChI=1S/C16H23N3O/c1-4-19(12-8-11-18(2)3)16(20)15(13-17)14-9-6-5-7-10-14/h5-7,9-10,15H,4,8,11-12H2,1-3H3. The Labute approximate surface area is 121 Å². The summed E-state index contributed by atoms with van der Waals surface area (Å²) in [6, 6.07) is 11.4. The van der Waals surface area contributed by atoms with Crippen molar-refractivity contribution in [3.8, 4) is 6.07 Å². The van der Waals surface area contributed by atoms with Gasteiger partial charge in [-0.15, -0.1) is 0 Å². The summed E-state index contributed by atoms with van der Waals surface area (Å²) in [5, 5.41) is 9.30. The molecule has 0 fully saturated rings. The molecule has 1 aromatic rings. The van der Waals surface area contributed by atoms with Crippen LogP contribution in [0.15, 0.2) is 30.3 Å². The molecule has 0 aliphatic carbocycles. The van der Waals surface area contributed by atoms with Crippen molar-refractivity contribution < 1.29 is 4.79 Å². The molecule has 0 saturated carbocycles. The number of nitriles is 1. The Kier molecular flexibility index (Phi) is 6.75. The van der Waals surface area contributed by atoms with Crippen molar-refractivity contribution >= 4 is 5.91 Å². The molecule has 0 saturated heterocycles. The van der Waals surface area contributed by atoms with E-state index in [-0.39, 0.29) is 5.91 Å². The predicted molar refractivity (Wildman–Crippen MR) is 80.2 cm³/mol. The highest BCUT2D eigenvalue weighted by Crippen LogP contribution is 2.17. The van der Waals surface area contributed by atoms with Crippen LogP contribution in [0.25, 0.3) is 0 Å². The first-order valence-electron chi connectivity index (χ1n) is 6.98. The molecule has 0 aliphatic heterocycles. The predicted octanol–water partition coefficient (Wildman–Crippen LogP) is 2.09. The highest BCUT2D eigenvalue weighted by Gasteiger charge is 2.24. The number of rotatable bonds is 7. The van der Waals surface area contributed by atoms with Gasteiger partial charge in [-0.05, 0) is 39.5 Å². The highest BCUT2D eigenvalue weighted by molar-refractivity contribution is 5.86. The van der Waals surface area contributed by atoms with E-state index >= 15 is 0 Å². The fourth-order valence-electron chi connectivity index (χ4n) is 2.10. The molecule has 0 heterocycles. The van der Waals surface area contributed by atoms with Crippen molar-refractivity contribution in [1.29, 1.82) is 5.26 Å². The smallest absolute Gasteiger partial charge is 0.244 e. The Hall–Kier alpha value is -1.86. The van der Waals surface area contributed by atoms with Gasteiger partial charge in [0.1, 0.15) is 5.92 Å². The first-order valence-corrected chi connectivity index (χ1v) is 6.98. The average Bonchev–Trinajstić information content (AvgIpc) is 2.45. The summed E-state index contributed by atoms with van der Waals surface area (Å²) in [5.41, 5.74) is 0.769. The van der Waals surface area contributed by atoms with Crippen molar-refractivity contribution in [2.75, 3.05) is 33.7 Å². The van der Waals surface area contributed by atoms with Crippen molar-refractivity contribution in [2.24, 2.45) is 0 Å². The highest BCUT2D eigenvalue weighted by atomic mass is 16.2. The van der Waals surface area contributed by atoms with E-state index < -0.39 is 5.92 Å². The minimum Gasteiger partial charge on any atom is -0.341 e. The molecular formula is C16H23N3O. The molecule has 1 rings (SSSR count). The molecule has 0 radical (unpaired) electrons. The minimum absolute atomic E-state index is 0.0973. The number of carbonyl (C=O) groups excluding carboxylic acids is 1. The Morgan fingerprint density at radius 1 is 1.25 bits per heavy atom. The van der Waals surface area contributed by atoms with Gasteiger partial charge in [0.2, 0.25) is 5.91 Å². The number of carbonyl (C=O) groups is 1. The van der Waals surface area contributed by atoms with Gasteiger partial charge in [-0.3, -0.25) is 4.79 Å². The van der Waals surface area contributed by atoms with E-state index in [1.165, 1.54) is 0 Å². The summed E-state index contributed by atoms with van der Waals surface area (Å²) in [7, 11) is 4.03. The van der Waals surface area contributed by atoms with Gasteiger partial charge >= 0.3 is 0 Å². The van der Waals surface area contributed by atoms with Crippen LogP contribution in [0.3, 0.4) is 0 Å². The number of benzene rings is 1. The van der Waals surface area contributed by atoms with E-state index in [1.54, 1.807) is 4.90 Å². The molecule has 1 unspecified atom stereocenters. The maximum atomic E-state index is 12.5. The lowest BCUT2D eigenvalue weighted by Crippen LogP contribution is -2.36. The van der Waals surface area contributed by atoms with Crippen LogP contribution < -0.4 is 0 Å². The van der Waals surface area contributed by atoms with Gasteiger partial charge in [0, 0.05) is 13.1 Å². The number of nitrogens with zero attached hydrogens (tertiary/aromatic N) is 3. The molecule has 0 spiro atoms. The van der Waals surface area contributed by atoms with Crippen LogP contribution in [0.2, 0.25) is 0 Å². The topological polar surface area (TPSA) is 47.3 Å². The van der Waals surface area contributed by atoms with E-state index in [2.05, 4.69) is 11.0 Å². The van der Waals surface area contributed by atoms with Crippen LogP contribution >= 0.6 is 0 Å². The third-order valence-electron chi connectivity index (χ3n) is 3.24. The first-order chi connectivity index (χ1) is 9.60. The second kappa shape index (κ2) is 8.34. The van der Waals surface area contributed by atoms with Gasteiger partial charge in [0.05, 0.1) is 6.07 Å². The summed E-state index contributed by atoms with van der Waals surface area (Å²) < 4.78 is 0. The zero-order valence-electron chi connectivity index (χ0n) is 12.5. The Morgan fingerprint density at radius 3 is 2.40 bits per heavy atom. The Balaban J connectivity index is 2.71. The quantitative estimate of drug-likeness (QED) is 0.764. The van der Waals surface area contributed by atoms with Crippen LogP contribution in [0, 0.1) is 11.3 Å². The van der Waals surface area contributed by atoms with Crippen LogP contribution in [0.5, 0.6) is 0 Å². The lowest BCUT2D eigenvalue weighted by atomic mass is 9.99. The summed E-state index contributed by atoms with van der Waals surface area (Å²) in [5.74, 6) is -0.796. The summed E-state index contributed by atoms with van der Waals surface area (Å²) >= 11 is 0. The van der Waals surface area contributed by atoms with Crippen LogP contribution in [-0.2, 0) is 4.79 Å². The van der Waals surface area contributed by atoms with Gasteiger partial charge < -0.3 is 9.80 Å². The molecule has 0 aromatic heterocycles. The first kappa shape index (κ1) is 16.2. The fraction of sp³-hybridized carbons (Fsp3) is 0.500. The third-order valence-corrected chi connectivity index (χ3v) is 3.24. The molecule has 1 amide bonds. The summed E-state index contributed by atoms with van der Waals surface area (Å²) in [6.07, 6.45) is 0.916. The average molecular weight is 273 g/mol. The second-order valence-electron chi connectivity index (χ2n) is 5.05. The Bertz CT molecular complexity index is 451. The molecule has 4 nitrogen and oxygen atoms in total. The summed E-state index contributed by atoms with van der Waals surface area (Å²) in [6.45, 7) is 4.22. The molecule has 0 aliphatic rings. The van der Waals surface area contributed by atoms with Crippen LogP contribution in [-0.4, -0.2) is 49.4 Å². The fourth-order valence-corrected chi connectivity index (χ4v) is 2.10. The van der Waals surface area contributed by atoms with Crippen LogP contribution in [0.1, 0.15) is 24.8 Å². The molecule has 20 heavy (non-hydrogen) atoms. The maximum absolute atomic E-state index is 12.5. The minimum atomic E-state index is -0.699. The largest absolute Gasteiger partial charge is 0.341 e. The second-order valence-corrected chi connectivity index (χ2v) is 5.05. The van der Waals surface area contributed by atoms with Crippen molar-refractivity contribution in [2.45, 2.75) is 19.3 Å².